The van der Waals surface area contributed by atoms with Gasteiger partial charge in [0.05, 0.1) is 11.7 Å². The summed E-state index contributed by atoms with van der Waals surface area (Å²) in [6.45, 7) is 4.08. The first-order valence-corrected chi connectivity index (χ1v) is 8.91. The van der Waals surface area contributed by atoms with E-state index >= 15 is 0 Å². The van der Waals surface area contributed by atoms with Gasteiger partial charge in [-0.3, -0.25) is 14.1 Å². The number of likely N-dealkylation sites (tertiary alicyclic amines) is 1. The van der Waals surface area contributed by atoms with Gasteiger partial charge in [-0.15, -0.1) is 10.2 Å². The predicted octanol–water partition coefficient (Wildman–Crippen LogP) is 3.04. The smallest absolute Gasteiger partial charge is 0.154 e. The minimum absolute atomic E-state index is 0.288. The third-order valence-electron chi connectivity index (χ3n) is 5.01. The lowest BCUT2D eigenvalue weighted by atomic mass is 10.0. The summed E-state index contributed by atoms with van der Waals surface area (Å²) in [6.07, 6.45) is 7.53. The molecular weight excluding hydrogens is 312 g/mol. The molecule has 0 N–H and O–H groups in total. The Balaban J connectivity index is 1.64. The number of hydrogen-bond donors (Lipinski definition) is 0. The molecular formula is C19H24N6. The lowest BCUT2D eigenvalue weighted by Gasteiger charge is -2.35. The van der Waals surface area contributed by atoms with E-state index in [0.29, 0.717) is 0 Å². The van der Waals surface area contributed by atoms with Crippen LogP contribution >= 0.6 is 0 Å². The Morgan fingerprint density at radius 3 is 2.76 bits per heavy atom. The summed E-state index contributed by atoms with van der Waals surface area (Å²) in [7, 11) is 1.98. The van der Waals surface area contributed by atoms with Gasteiger partial charge in [0.15, 0.2) is 5.82 Å². The van der Waals surface area contributed by atoms with Crippen molar-refractivity contribution in [3.05, 3.63) is 59.9 Å². The molecule has 3 heterocycles. The highest BCUT2D eigenvalue weighted by atomic mass is 15.3. The number of nitrogens with zero attached hydrogens (tertiary/aromatic N) is 6. The van der Waals surface area contributed by atoms with Gasteiger partial charge in [0.25, 0.3) is 0 Å². The van der Waals surface area contributed by atoms with Gasteiger partial charge in [-0.1, -0.05) is 24.6 Å². The monoisotopic (exact) mass is 336 g/mol. The normalized spacial score (nSPS) is 18.6. The standard InChI is InChI=1S/C19H24N6/c1-15-16(12-23(2)22-15)13-24-11-7-6-10-18(24)19-21-20-14-25(19)17-8-4-3-5-9-17/h3-5,8-9,12,14,18H,6-7,10-11,13H2,1-2H3/t18-/m0/s1. The van der Waals surface area contributed by atoms with Crippen molar-refractivity contribution in [1.82, 2.24) is 29.4 Å². The number of hydrogen-bond acceptors (Lipinski definition) is 4. The van der Waals surface area contributed by atoms with E-state index in [9.17, 15) is 0 Å². The van der Waals surface area contributed by atoms with Crippen molar-refractivity contribution in [3.8, 4) is 5.69 Å². The molecule has 0 unspecified atom stereocenters. The average Bonchev–Trinajstić information content (AvgIpc) is 3.23. The molecule has 130 valence electrons. The number of aryl methyl sites for hydroxylation is 2. The zero-order valence-electron chi connectivity index (χ0n) is 14.8. The van der Waals surface area contributed by atoms with Crippen molar-refractivity contribution >= 4 is 0 Å². The first-order valence-electron chi connectivity index (χ1n) is 8.91. The van der Waals surface area contributed by atoms with Crippen LogP contribution in [0.25, 0.3) is 5.69 Å². The van der Waals surface area contributed by atoms with Gasteiger partial charge in [0, 0.05) is 31.0 Å². The van der Waals surface area contributed by atoms with Crippen molar-refractivity contribution in [2.75, 3.05) is 6.54 Å². The Labute approximate surface area is 148 Å². The van der Waals surface area contributed by atoms with Gasteiger partial charge in [-0.05, 0) is 38.4 Å². The number of benzene rings is 1. The van der Waals surface area contributed by atoms with Crippen LogP contribution in [0.5, 0.6) is 0 Å². The van der Waals surface area contributed by atoms with E-state index in [-0.39, 0.29) is 6.04 Å². The molecule has 3 aromatic rings. The Morgan fingerprint density at radius 2 is 2.00 bits per heavy atom. The predicted molar refractivity (Wildman–Crippen MR) is 96.3 cm³/mol. The third kappa shape index (κ3) is 3.22. The van der Waals surface area contributed by atoms with E-state index in [0.717, 1.165) is 36.7 Å². The van der Waals surface area contributed by atoms with Crippen LogP contribution in [0.2, 0.25) is 0 Å². The van der Waals surface area contributed by atoms with Gasteiger partial charge in [-0.2, -0.15) is 5.10 Å². The molecule has 0 amide bonds. The topological polar surface area (TPSA) is 51.8 Å². The summed E-state index contributed by atoms with van der Waals surface area (Å²) in [5.41, 5.74) is 3.52. The Morgan fingerprint density at radius 1 is 1.16 bits per heavy atom. The lowest BCUT2D eigenvalue weighted by Crippen LogP contribution is -2.34. The maximum absolute atomic E-state index is 4.49. The van der Waals surface area contributed by atoms with Crippen LogP contribution in [0.15, 0.2) is 42.9 Å². The molecule has 0 aliphatic carbocycles. The highest BCUT2D eigenvalue weighted by Gasteiger charge is 2.29. The molecule has 0 spiro atoms. The molecule has 0 radical (unpaired) electrons. The number of piperidine rings is 1. The zero-order chi connectivity index (χ0) is 17.2. The van der Waals surface area contributed by atoms with Crippen molar-refractivity contribution in [1.29, 1.82) is 0 Å². The molecule has 6 heteroatoms. The number of aromatic nitrogens is 5. The summed E-state index contributed by atoms with van der Waals surface area (Å²) in [6, 6.07) is 10.6. The van der Waals surface area contributed by atoms with E-state index in [2.05, 4.69) is 62.1 Å². The molecule has 1 atom stereocenters. The van der Waals surface area contributed by atoms with E-state index in [4.69, 9.17) is 0 Å². The summed E-state index contributed by atoms with van der Waals surface area (Å²) < 4.78 is 4.02. The van der Waals surface area contributed by atoms with Crippen LogP contribution in [-0.2, 0) is 13.6 Å². The quantitative estimate of drug-likeness (QED) is 0.735. The lowest BCUT2D eigenvalue weighted by molar-refractivity contribution is 0.132. The highest BCUT2D eigenvalue weighted by Crippen LogP contribution is 2.32. The van der Waals surface area contributed by atoms with Gasteiger partial charge in [-0.25, -0.2) is 0 Å². The summed E-state index contributed by atoms with van der Waals surface area (Å²) in [5.74, 6) is 1.03. The Hall–Kier alpha value is -2.47. The molecule has 6 nitrogen and oxygen atoms in total. The molecule has 0 saturated carbocycles. The van der Waals surface area contributed by atoms with E-state index < -0.39 is 0 Å². The van der Waals surface area contributed by atoms with E-state index in [1.54, 1.807) is 0 Å². The maximum Gasteiger partial charge on any atom is 0.154 e. The van der Waals surface area contributed by atoms with Gasteiger partial charge < -0.3 is 0 Å². The first kappa shape index (κ1) is 16.0. The molecule has 1 aliphatic rings. The molecule has 2 aromatic heterocycles. The van der Waals surface area contributed by atoms with Crippen molar-refractivity contribution < 1.29 is 0 Å². The highest BCUT2D eigenvalue weighted by molar-refractivity contribution is 5.32. The fourth-order valence-electron chi connectivity index (χ4n) is 3.75. The number of rotatable bonds is 4. The van der Waals surface area contributed by atoms with Gasteiger partial charge in [0.2, 0.25) is 0 Å². The SMILES string of the molecule is Cc1nn(C)cc1CN1CCCC[C@H]1c1nncn1-c1ccccc1. The van der Waals surface area contributed by atoms with Crippen LogP contribution < -0.4 is 0 Å². The van der Waals surface area contributed by atoms with Crippen molar-refractivity contribution in [2.24, 2.45) is 7.05 Å². The molecule has 4 rings (SSSR count). The molecule has 25 heavy (non-hydrogen) atoms. The Bertz CT molecular complexity index is 835. The van der Waals surface area contributed by atoms with E-state index in [1.807, 2.05) is 24.1 Å². The zero-order valence-corrected chi connectivity index (χ0v) is 14.8. The second-order valence-corrected chi connectivity index (χ2v) is 6.79. The molecule has 1 saturated heterocycles. The first-order chi connectivity index (χ1) is 12.2. The molecule has 1 fully saturated rings. The fourth-order valence-corrected chi connectivity index (χ4v) is 3.75. The van der Waals surface area contributed by atoms with Crippen LogP contribution in [0.1, 0.15) is 42.4 Å². The molecule has 0 bridgehead atoms. The van der Waals surface area contributed by atoms with E-state index in [1.165, 1.54) is 18.4 Å². The van der Waals surface area contributed by atoms with Gasteiger partial charge in [0.1, 0.15) is 6.33 Å². The summed E-state index contributed by atoms with van der Waals surface area (Å²) in [4.78, 5) is 2.52. The second-order valence-electron chi connectivity index (χ2n) is 6.79. The molecule has 1 aliphatic heterocycles. The van der Waals surface area contributed by atoms with Crippen LogP contribution in [0, 0.1) is 6.92 Å². The minimum atomic E-state index is 0.288. The average molecular weight is 336 g/mol. The third-order valence-corrected chi connectivity index (χ3v) is 5.01. The largest absolute Gasteiger partial charge is 0.289 e. The molecule has 1 aromatic carbocycles. The van der Waals surface area contributed by atoms with Crippen molar-refractivity contribution in [3.63, 3.8) is 0 Å². The fraction of sp³-hybridized carbons (Fsp3) is 0.421. The van der Waals surface area contributed by atoms with Crippen molar-refractivity contribution in [2.45, 2.75) is 38.8 Å². The Kier molecular flexibility index (Phi) is 4.36. The summed E-state index contributed by atoms with van der Waals surface area (Å²) in [5, 5.41) is 13.2. The second kappa shape index (κ2) is 6.80. The maximum atomic E-state index is 4.49. The van der Waals surface area contributed by atoms with Crippen LogP contribution in [0.3, 0.4) is 0 Å². The summed E-state index contributed by atoms with van der Waals surface area (Å²) >= 11 is 0. The van der Waals surface area contributed by atoms with Crippen LogP contribution in [0.4, 0.5) is 0 Å². The minimum Gasteiger partial charge on any atom is -0.289 e. The van der Waals surface area contributed by atoms with Crippen LogP contribution in [-0.4, -0.2) is 36.0 Å². The number of para-hydroxylation sites is 1. The van der Waals surface area contributed by atoms with Gasteiger partial charge >= 0.3 is 0 Å².